The van der Waals surface area contributed by atoms with Crippen LogP contribution in [-0.4, -0.2) is 34.9 Å². The molecule has 0 saturated carbocycles. The maximum absolute atomic E-state index is 11.9. The Bertz CT molecular complexity index is 406. The van der Waals surface area contributed by atoms with Gasteiger partial charge < -0.3 is 21.3 Å². The van der Waals surface area contributed by atoms with Gasteiger partial charge in [-0.1, -0.05) is 37.3 Å². The zero-order chi connectivity index (χ0) is 14.5. The highest BCUT2D eigenvalue weighted by Crippen LogP contribution is 2.19. The number of hydrogen-bond acceptors (Lipinski definition) is 4. The van der Waals surface area contributed by atoms with E-state index in [1.807, 2.05) is 30.3 Å². The highest BCUT2D eigenvalue weighted by molar-refractivity contribution is 5.79. The molecule has 3 unspecified atom stereocenters. The van der Waals surface area contributed by atoms with E-state index >= 15 is 0 Å². The Morgan fingerprint density at radius 2 is 2.00 bits per heavy atom. The van der Waals surface area contributed by atoms with Crippen molar-refractivity contribution in [3.05, 3.63) is 35.9 Å². The summed E-state index contributed by atoms with van der Waals surface area (Å²) in [5.41, 5.74) is 5.61. The molecular weight excluding hydrogens is 244 g/mol. The second kappa shape index (κ2) is 6.65. The molecule has 5 nitrogen and oxygen atoms in total. The first kappa shape index (κ1) is 15.6. The number of carbonyl (C=O) groups excluding carboxylic acids is 1. The third-order valence-corrected chi connectivity index (χ3v) is 3.12. The van der Waals surface area contributed by atoms with Crippen molar-refractivity contribution >= 4 is 5.91 Å². The Labute approximate surface area is 113 Å². The number of rotatable bonds is 6. The van der Waals surface area contributed by atoms with Gasteiger partial charge in [-0.05, 0) is 12.5 Å². The summed E-state index contributed by atoms with van der Waals surface area (Å²) in [6, 6.07) is 8.98. The quantitative estimate of drug-likeness (QED) is 0.591. The summed E-state index contributed by atoms with van der Waals surface area (Å²) >= 11 is 0. The van der Waals surface area contributed by atoms with Crippen LogP contribution in [0.15, 0.2) is 30.3 Å². The van der Waals surface area contributed by atoms with E-state index in [0.717, 1.165) is 5.56 Å². The Morgan fingerprint density at radius 3 is 2.53 bits per heavy atom. The number of amides is 1. The fourth-order valence-electron chi connectivity index (χ4n) is 1.62. The summed E-state index contributed by atoms with van der Waals surface area (Å²) in [4.78, 5) is 11.9. The molecule has 0 aromatic heterocycles. The first-order valence-corrected chi connectivity index (χ1v) is 6.29. The molecule has 0 bridgehead atoms. The Balaban J connectivity index is 2.58. The average Bonchev–Trinajstić information content (AvgIpc) is 2.44. The molecule has 0 fully saturated rings. The van der Waals surface area contributed by atoms with Crippen LogP contribution in [0.25, 0.3) is 0 Å². The number of nitrogens with two attached hydrogens (primary N) is 1. The number of aliphatic hydroxyl groups excluding tert-OH is 1. The number of nitrogens with one attached hydrogen (secondary N) is 1. The van der Waals surface area contributed by atoms with E-state index in [0.29, 0.717) is 0 Å². The van der Waals surface area contributed by atoms with Gasteiger partial charge in [0.25, 0.3) is 0 Å². The van der Waals surface area contributed by atoms with Gasteiger partial charge >= 0.3 is 0 Å². The molecule has 1 amide bonds. The van der Waals surface area contributed by atoms with Crippen molar-refractivity contribution in [1.29, 1.82) is 0 Å². The summed E-state index contributed by atoms with van der Waals surface area (Å²) in [7, 11) is 0. The normalized spacial score (nSPS) is 17.3. The molecule has 0 spiro atoms. The summed E-state index contributed by atoms with van der Waals surface area (Å²) in [5, 5.41) is 21.1. The van der Waals surface area contributed by atoms with Gasteiger partial charge in [0.15, 0.2) is 0 Å². The van der Waals surface area contributed by atoms with Crippen molar-refractivity contribution in [3.8, 4) is 0 Å². The SMILES string of the molecule is CC(C(=O)NCC(C)(O)CO)C(N)c1ccccc1. The lowest BCUT2D eigenvalue weighted by Crippen LogP contribution is -2.46. The van der Waals surface area contributed by atoms with Gasteiger partial charge in [0.1, 0.15) is 5.60 Å². The van der Waals surface area contributed by atoms with E-state index < -0.39 is 24.2 Å². The predicted octanol–water partition coefficient (Wildman–Crippen LogP) is 0.182. The van der Waals surface area contributed by atoms with E-state index in [4.69, 9.17) is 10.8 Å². The van der Waals surface area contributed by atoms with E-state index in [-0.39, 0.29) is 12.5 Å². The third-order valence-electron chi connectivity index (χ3n) is 3.12. The molecule has 0 aliphatic heterocycles. The van der Waals surface area contributed by atoms with Crippen LogP contribution in [0.1, 0.15) is 25.5 Å². The van der Waals surface area contributed by atoms with Crippen molar-refractivity contribution in [2.75, 3.05) is 13.2 Å². The van der Waals surface area contributed by atoms with Crippen LogP contribution in [0.4, 0.5) is 0 Å². The molecule has 1 aromatic rings. The molecule has 1 aromatic carbocycles. The van der Waals surface area contributed by atoms with Gasteiger partial charge in [-0.2, -0.15) is 0 Å². The van der Waals surface area contributed by atoms with Crippen molar-refractivity contribution in [2.45, 2.75) is 25.5 Å². The molecule has 106 valence electrons. The minimum absolute atomic E-state index is 0.00577. The van der Waals surface area contributed by atoms with Crippen LogP contribution in [0.5, 0.6) is 0 Å². The molecule has 0 saturated heterocycles. The van der Waals surface area contributed by atoms with Gasteiger partial charge in [-0.25, -0.2) is 0 Å². The number of aliphatic hydroxyl groups is 2. The lowest BCUT2D eigenvalue weighted by atomic mass is 9.94. The summed E-state index contributed by atoms with van der Waals surface area (Å²) in [6.45, 7) is 2.77. The second-order valence-electron chi connectivity index (χ2n) is 5.10. The standard InChI is InChI=1S/C14H22N2O3/c1-10(12(15)11-6-4-3-5-7-11)13(18)16-8-14(2,19)9-17/h3-7,10,12,17,19H,8-9,15H2,1-2H3,(H,16,18). The molecule has 0 heterocycles. The van der Waals surface area contributed by atoms with Gasteiger partial charge in [0.2, 0.25) is 5.91 Å². The van der Waals surface area contributed by atoms with Crippen molar-refractivity contribution in [1.82, 2.24) is 5.32 Å². The van der Waals surface area contributed by atoms with E-state index in [2.05, 4.69) is 5.32 Å². The zero-order valence-electron chi connectivity index (χ0n) is 11.3. The Morgan fingerprint density at radius 1 is 1.42 bits per heavy atom. The number of hydrogen-bond donors (Lipinski definition) is 4. The van der Waals surface area contributed by atoms with Gasteiger partial charge in [-0.15, -0.1) is 0 Å². The smallest absolute Gasteiger partial charge is 0.224 e. The highest BCUT2D eigenvalue weighted by atomic mass is 16.3. The first-order chi connectivity index (χ1) is 8.87. The van der Waals surface area contributed by atoms with Crippen molar-refractivity contribution < 1.29 is 15.0 Å². The number of benzene rings is 1. The largest absolute Gasteiger partial charge is 0.393 e. The molecule has 0 aliphatic rings. The van der Waals surface area contributed by atoms with Gasteiger partial charge in [0, 0.05) is 12.6 Å². The van der Waals surface area contributed by atoms with Gasteiger partial charge in [-0.3, -0.25) is 4.79 Å². The zero-order valence-corrected chi connectivity index (χ0v) is 11.3. The lowest BCUT2D eigenvalue weighted by molar-refractivity contribution is -0.126. The predicted molar refractivity (Wildman–Crippen MR) is 73.3 cm³/mol. The summed E-state index contributed by atoms with van der Waals surface area (Å²) in [6.07, 6.45) is 0. The number of carbonyl (C=O) groups is 1. The molecular formula is C14H22N2O3. The third kappa shape index (κ3) is 4.63. The molecule has 3 atom stereocenters. The Kier molecular flexibility index (Phi) is 5.47. The minimum atomic E-state index is -1.31. The van der Waals surface area contributed by atoms with Crippen LogP contribution in [0, 0.1) is 5.92 Å². The van der Waals surface area contributed by atoms with Crippen molar-refractivity contribution in [2.24, 2.45) is 11.7 Å². The fraction of sp³-hybridized carbons (Fsp3) is 0.500. The van der Waals surface area contributed by atoms with E-state index in [1.54, 1.807) is 6.92 Å². The van der Waals surface area contributed by atoms with Crippen LogP contribution >= 0.6 is 0 Å². The summed E-state index contributed by atoms with van der Waals surface area (Å²) in [5.74, 6) is -0.665. The van der Waals surface area contributed by atoms with Crippen LogP contribution < -0.4 is 11.1 Å². The first-order valence-electron chi connectivity index (χ1n) is 6.29. The average molecular weight is 266 g/mol. The molecule has 5 N–H and O–H groups in total. The fourth-order valence-corrected chi connectivity index (χ4v) is 1.62. The molecule has 19 heavy (non-hydrogen) atoms. The van der Waals surface area contributed by atoms with E-state index in [9.17, 15) is 9.90 Å². The molecule has 5 heteroatoms. The topological polar surface area (TPSA) is 95.6 Å². The minimum Gasteiger partial charge on any atom is -0.393 e. The van der Waals surface area contributed by atoms with Crippen LogP contribution in [-0.2, 0) is 4.79 Å². The highest BCUT2D eigenvalue weighted by Gasteiger charge is 2.25. The molecule has 1 rings (SSSR count). The second-order valence-corrected chi connectivity index (χ2v) is 5.10. The maximum atomic E-state index is 11.9. The monoisotopic (exact) mass is 266 g/mol. The van der Waals surface area contributed by atoms with Gasteiger partial charge in [0.05, 0.1) is 12.5 Å². The maximum Gasteiger partial charge on any atom is 0.224 e. The van der Waals surface area contributed by atoms with E-state index in [1.165, 1.54) is 6.92 Å². The van der Waals surface area contributed by atoms with Crippen LogP contribution in [0.2, 0.25) is 0 Å². The van der Waals surface area contributed by atoms with Crippen molar-refractivity contribution in [3.63, 3.8) is 0 Å². The molecule has 0 aliphatic carbocycles. The summed E-state index contributed by atoms with van der Waals surface area (Å²) < 4.78 is 0. The lowest BCUT2D eigenvalue weighted by Gasteiger charge is -2.24. The Hall–Kier alpha value is -1.43. The molecule has 0 radical (unpaired) electrons. The van der Waals surface area contributed by atoms with Crippen LogP contribution in [0.3, 0.4) is 0 Å².